The SMILES string of the molecule is CN1CCN(c2nc(CCCN[C@@H]3C[C@H]3c3ccc(F)cc3)cn(-c3ccc(-c4ncccn4)cc3)c2=O)CC1. The Bertz CT molecular complexity index is 1480. The van der Waals surface area contributed by atoms with Gasteiger partial charge in [-0.15, -0.1) is 0 Å². The van der Waals surface area contributed by atoms with E-state index in [-0.39, 0.29) is 11.4 Å². The highest BCUT2D eigenvalue weighted by molar-refractivity contribution is 5.57. The van der Waals surface area contributed by atoms with Crippen LogP contribution in [0.4, 0.5) is 10.2 Å². The molecule has 6 rings (SSSR count). The number of benzene rings is 2. The minimum atomic E-state index is -0.195. The lowest BCUT2D eigenvalue weighted by molar-refractivity contribution is 0.311. The number of aryl methyl sites for hydroxylation is 1. The van der Waals surface area contributed by atoms with Crippen LogP contribution in [0.3, 0.4) is 0 Å². The molecule has 2 aromatic carbocycles. The highest BCUT2D eigenvalue weighted by atomic mass is 19.1. The molecular formula is C31H34FN7O. The second-order valence-electron chi connectivity index (χ2n) is 10.7. The van der Waals surface area contributed by atoms with Crippen LogP contribution >= 0.6 is 0 Å². The van der Waals surface area contributed by atoms with Gasteiger partial charge in [0.2, 0.25) is 0 Å². The number of nitrogens with zero attached hydrogens (tertiary/aromatic N) is 6. The molecule has 2 atom stereocenters. The van der Waals surface area contributed by atoms with Crippen LogP contribution in [0.25, 0.3) is 17.1 Å². The predicted octanol–water partition coefficient (Wildman–Crippen LogP) is 3.66. The van der Waals surface area contributed by atoms with E-state index < -0.39 is 0 Å². The number of nitrogens with one attached hydrogen (secondary N) is 1. The summed E-state index contributed by atoms with van der Waals surface area (Å²) in [4.78, 5) is 31.6. The molecular weight excluding hydrogens is 505 g/mol. The number of anilines is 1. The van der Waals surface area contributed by atoms with Gasteiger partial charge in [0.05, 0.1) is 5.69 Å². The molecule has 0 radical (unpaired) electrons. The smallest absolute Gasteiger partial charge is 0.298 e. The molecule has 3 heterocycles. The third-order valence-electron chi connectivity index (χ3n) is 7.81. The Morgan fingerprint density at radius 1 is 0.975 bits per heavy atom. The molecule has 40 heavy (non-hydrogen) atoms. The molecule has 2 aromatic heterocycles. The molecule has 0 bridgehead atoms. The summed E-state index contributed by atoms with van der Waals surface area (Å²) in [5.74, 6) is 1.43. The van der Waals surface area contributed by atoms with Crippen molar-refractivity contribution in [1.82, 2.24) is 29.7 Å². The van der Waals surface area contributed by atoms with Crippen LogP contribution in [0.2, 0.25) is 0 Å². The second kappa shape index (κ2) is 11.7. The van der Waals surface area contributed by atoms with Gasteiger partial charge in [-0.2, -0.15) is 0 Å². The van der Waals surface area contributed by atoms with E-state index in [9.17, 15) is 9.18 Å². The molecule has 1 saturated heterocycles. The van der Waals surface area contributed by atoms with Crippen LogP contribution in [0.5, 0.6) is 0 Å². The average Bonchev–Trinajstić information content (AvgIpc) is 3.77. The third-order valence-corrected chi connectivity index (χ3v) is 7.81. The summed E-state index contributed by atoms with van der Waals surface area (Å²) in [7, 11) is 2.10. The molecule has 4 aromatic rings. The summed E-state index contributed by atoms with van der Waals surface area (Å²) in [5, 5.41) is 3.63. The Morgan fingerprint density at radius 2 is 1.70 bits per heavy atom. The van der Waals surface area contributed by atoms with Gasteiger partial charge in [0.1, 0.15) is 5.82 Å². The van der Waals surface area contributed by atoms with Gasteiger partial charge >= 0.3 is 0 Å². The fourth-order valence-electron chi connectivity index (χ4n) is 5.34. The first kappa shape index (κ1) is 26.3. The maximum Gasteiger partial charge on any atom is 0.298 e. The van der Waals surface area contributed by atoms with E-state index in [4.69, 9.17) is 4.98 Å². The van der Waals surface area contributed by atoms with E-state index in [1.807, 2.05) is 42.6 Å². The maximum absolute atomic E-state index is 13.7. The van der Waals surface area contributed by atoms with Crippen LogP contribution in [-0.2, 0) is 6.42 Å². The summed E-state index contributed by atoms with van der Waals surface area (Å²) >= 11 is 0. The molecule has 2 fully saturated rings. The Hall–Kier alpha value is -3.95. The van der Waals surface area contributed by atoms with Crippen molar-refractivity contribution in [3.05, 3.63) is 101 Å². The summed E-state index contributed by atoms with van der Waals surface area (Å²) in [5.41, 5.74) is 3.68. The molecule has 0 spiro atoms. The van der Waals surface area contributed by atoms with Gasteiger partial charge in [-0.05, 0) is 80.9 Å². The van der Waals surface area contributed by atoms with Gasteiger partial charge in [0.15, 0.2) is 11.6 Å². The zero-order chi connectivity index (χ0) is 27.5. The minimum absolute atomic E-state index is 0.102. The molecule has 1 aliphatic heterocycles. The molecule has 1 saturated carbocycles. The van der Waals surface area contributed by atoms with Crippen LogP contribution in [0, 0.1) is 5.82 Å². The molecule has 9 heteroatoms. The van der Waals surface area contributed by atoms with E-state index in [0.717, 1.165) is 68.9 Å². The van der Waals surface area contributed by atoms with Gasteiger partial charge < -0.3 is 15.1 Å². The highest BCUT2D eigenvalue weighted by Crippen LogP contribution is 2.40. The summed E-state index contributed by atoms with van der Waals surface area (Å²) in [6.45, 7) is 4.22. The molecule has 0 amide bonds. The van der Waals surface area contributed by atoms with Crippen molar-refractivity contribution < 1.29 is 4.39 Å². The Labute approximate surface area is 233 Å². The number of halogens is 1. The first-order chi connectivity index (χ1) is 19.5. The lowest BCUT2D eigenvalue weighted by Gasteiger charge is -2.33. The van der Waals surface area contributed by atoms with Crippen LogP contribution in [-0.4, -0.2) is 70.2 Å². The van der Waals surface area contributed by atoms with Crippen LogP contribution in [0.15, 0.2) is 78.0 Å². The van der Waals surface area contributed by atoms with E-state index in [0.29, 0.717) is 23.6 Å². The van der Waals surface area contributed by atoms with Crippen molar-refractivity contribution in [2.24, 2.45) is 0 Å². The van der Waals surface area contributed by atoms with Crippen molar-refractivity contribution in [2.45, 2.75) is 31.2 Å². The average molecular weight is 540 g/mol. The van der Waals surface area contributed by atoms with Gasteiger partial charge in [-0.1, -0.05) is 12.1 Å². The predicted molar refractivity (Wildman–Crippen MR) is 154 cm³/mol. The number of hydrogen-bond acceptors (Lipinski definition) is 7. The standard InChI is InChI=1S/C31H34FN7O/c1-37-16-18-38(19-17-37)30-31(40)39(26-11-7-23(8-12-26)29-34-14-3-15-35-29)21-25(36-30)4-2-13-33-28-20-27(28)22-5-9-24(32)10-6-22/h3,5-12,14-15,21,27-28,33H,2,4,13,16-20H2,1H3/t27-,28+/m0/s1. The highest BCUT2D eigenvalue weighted by Gasteiger charge is 2.37. The molecule has 206 valence electrons. The number of piperazine rings is 1. The lowest BCUT2D eigenvalue weighted by atomic mass is 10.1. The Balaban J connectivity index is 1.17. The van der Waals surface area contributed by atoms with Gasteiger partial charge in [-0.25, -0.2) is 19.3 Å². The number of hydrogen-bond donors (Lipinski definition) is 1. The normalized spacial score (nSPS) is 19.1. The van der Waals surface area contributed by atoms with Crippen molar-refractivity contribution in [3.8, 4) is 17.1 Å². The largest absolute Gasteiger partial charge is 0.349 e. The number of likely N-dealkylation sites (N-methyl/N-ethyl adjacent to an activating group) is 1. The number of aromatic nitrogens is 4. The van der Waals surface area contributed by atoms with E-state index in [1.54, 1.807) is 23.0 Å². The zero-order valence-electron chi connectivity index (χ0n) is 22.7. The molecule has 1 N–H and O–H groups in total. The van der Waals surface area contributed by atoms with Crippen molar-refractivity contribution in [2.75, 3.05) is 44.7 Å². The molecule has 0 unspecified atom stereocenters. The first-order valence-electron chi connectivity index (χ1n) is 14.0. The van der Waals surface area contributed by atoms with Crippen molar-refractivity contribution in [1.29, 1.82) is 0 Å². The first-order valence-corrected chi connectivity index (χ1v) is 14.0. The van der Waals surface area contributed by atoms with Gasteiger partial charge in [0, 0.05) is 68.0 Å². The summed E-state index contributed by atoms with van der Waals surface area (Å²) in [6, 6.07) is 16.8. The van der Waals surface area contributed by atoms with Crippen molar-refractivity contribution >= 4 is 5.82 Å². The Morgan fingerprint density at radius 3 is 2.42 bits per heavy atom. The topological polar surface area (TPSA) is 79.2 Å². The van der Waals surface area contributed by atoms with E-state index in [2.05, 4.69) is 32.1 Å². The van der Waals surface area contributed by atoms with E-state index >= 15 is 0 Å². The van der Waals surface area contributed by atoms with Crippen LogP contribution < -0.4 is 15.8 Å². The second-order valence-corrected chi connectivity index (χ2v) is 10.7. The third kappa shape index (κ3) is 5.95. The molecule has 8 nitrogen and oxygen atoms in total. The summed E-state index contributed by atoms with van der Waals surface area (Å²) in [6.07, 6.45) is 8.07. The molecule has 1 aliphatic carbocycles. The maximum atomic E-state index is 13.7. The van der Waals surface area contributed by atoms with Gasteiger partial charge in [-0.3, -0.25) is 9.36 Å². The van der Waals surface area contributed by atoms with Gasteiger partial charge in [0.25, 0.3) is 5.56 Å². The van der Waals surface area contributed by atoms with E-state index in [1.165, 1.54) is 17.7 Å². The fourth-order valence-corrected chi connectivity index (χ4v) is 5.34. The van der Waals surface area contributed by atoms with Crippen LogP contribution in [0.1, 0.15) is 30.0 Å². The lowest BCUT2D eigenvalue weighted by Crippen LogP contribution is -2.47. The quantitative estimate of drug-likeness (QED) is 0.325. The molecule has 2 aliphatic rings. The van der Waals surface area contributed by atoms with Crippen molar-refractivity contribution in [3.63, 3.8) is 0 Å². The monoisotopic (exact) mass is 539 g/mol. The zero-order valence-corrected chi connectivity index (χ0v) is 22.7. The number of rotatable bonds is 9. The Kier molecular flexibility index (Phi) is 7.66. The fraction of sp³-hybridized carbons (Fsp3) is 0.355. The minimum Gasteiger partial charge on any atom is -0.349 e. The summed E-state index contributed by atoms with van der Waals surface area (Å²) < 4.78 is 15.0.